The lowest BCUT2D eigenvalue weighted by atomic mass is 9.81. The van der Waals surface area contributed by atoms with E-state index in [0.717, 1.165) is 33.9 Å². The summed E-state index contributed by atoms with van der Waals surface area (Å²) in [5, 5.41) is 12.9. The number of nitrogens with one attached hydrogen (secondary N) is 1. The molecule has 1 aliphatic carbocycles. The van der Waals surface area contributed by atoms with Crippen molar-refractivity contribution in [1.29, 1.82) is 0 Å². The minimum atomic E-state index is 0.120. The van der Waals surface area contributed by atoms with Crippen molar-refractivity contribution < 1.29 is 4.74 Å². The smallest absolute Gasteiger partial charge is 0.241 e. The molecule has 1 saturated carbocycles. The van der Waals surface area contributed by atoms with Gasteiger partial charge < -0.3 is 10.1 Å². The van der Waals surface area contributed by atoms with Crippen molar-refractivity contribution in [2.45, 2.75) is 65.0 Å². The Bertz CT molecular complexity index is 1270. The number of nitrogens with zero attached hydrogens (tertiary/aromatic N) is 7. The zero-order chi connectivity index (χ0) is 24.4. The molecule has 1 N–H and O–H groups in total. The number of fused-ring (bicyclic) bond motifs is 1. The van der Waals surface area contributed by atoms with Gasteiger partial charge in [0.15, 0.2) is 0 Å². The molecule has 5 rings (SSSR count). The lowest BCUT2D eigenvalue weighted by Gasteiger charge is -2.25. The highest BCUT2D eigenvalue weighted by Crippen LogP contribution is 2.39. The monoisotopic (exact) mass is 474 g/mol. The molecule has 1 fully saturated rings. The highest BCUT2D eigenvalue weighted by molar-refractivity contribution is 5.81. The Balaban J connectivity index is 1.49. The van der Waals surface area contributed by atoms with Crippen LogP contribution >= 0.6 is 0 Å². The summed E-state index contributed by atoms with van der Waals surface area (Å²) in [4.78, 5) is 13.4. The molecule has 4 aromatic heterocycles. The Kier molecular flexibility index (Phi) is 6.77. The molecule has 0 bridgehead atoms. The number of methoxy groups -OCH3 is 1. The van der Waals surface area contributed by atoms with E-state index in [4.69, 9.17) is 9.84 Å². The largest absolute Gasteiger partial charge is 0.383 e. The maximum absolute atomic E-state index is 5.26. The third kappa shape index (κ3) is 5.19. The maximum Gasteiger partial charge on any atom is 0.241 e. The van der Waals surface area contributed by atoms with Gasteiger partial charge in [-0.15, -0.1) is 5.10 Å². The fourth-order valence-corrected chi connectivity index (χ4v) is 4.93. The van der Waals surface area contributed by atoms with Gasteiger partial charge in [-0.1, -0.05) is 19.8 Å². The fourth-order valence-electron chi connectivity index (χ4n) is 4.93. The second-order valence-corrected chi connectivity index (χ2v) is 9.89. The van der Waals surface area contributed by atoms with Crippen LogP contribution in [0.4, 0.5) is 5.95 Å². The van der Waals surface area contributed by atoms with E-state index in [1.807, 2.05) is 24.0 Å². The topological polar surface area (TPSA) is 95.0 Å². The summed E-state index contributed by atoms with van der Waals surface area (Å²) in [6.45, 7) is 7.53. The van der Waals surface area contributed by atoms with Crippen LogP contribution in [0.1, 0.15) is 62.5 Å². The third-order valence-corrected chi connectivity index (χ3v) is 6.87. The molecular formula is C26H34N8O. The average Bonchev–Trinajstić information content (AvgIpc) is 3.46. The SMILES string of the molecule is COC[C@H](C)Nc1ncc2c(-c3cnn(Cc4cnc(C)cn4)c3)cc(C3CCC(C)CC3)n2n1. The highest BCUT2D eigenvalue weighted by atomic mass is 16.5. The van der Waals surface area contributed by atoms with Crippen LogP contribution in [-0.4, -0.2) is 54.1 Å². The van der Waals surface area contributed by atoms with Crippen molar-refractivity contribution in [3.8, 4) is 11.1 Å². The van der Waals surface area contributed by atoms with Gasteiger partial charge in [0.1, 0.15) is 0 Å². The van der Waals surface area contributed by atoms with Crippen molar-refractivity contribution in [3.63, 3.8) is 0 Å². The van der Waals surface area contributed by atoms with E-state index < -0.39 is 0 Å². The highest BCUT2D eigenvalue weighted by Gasteiger charge is 2.25. The molecule has 1 atom stereocenters. The minimum Gasteiger partial charge on any atom is -0.383 e. The number of anilines is 1. The molecule has 4 heterocycles. The van der Waals surface area contributed by atoms with Crippen molar-refractivity contribution >= 4 is 11.5 Å². The molecule has 0 aromatic carbocycles. The predicted molar refractivity (Wildman–Crippen MR) is 135 cm³/mol. The molecule has 9 heteroatoms. The lowest BCUT2D eigenvalue weighted by molar-refractivity contribution is 0.190. The quantitative estimate of drug-likeness (QED) is 0.402. The Labute approximate surface area is 206 Å². The van der Waals surface area contributed by atoms with Crippen molar-refractivity contribution in [2.75, 3.05) is 19.0 Å². The summed E-state index contributed by atoms with van der Waals surface area (Å²) in [6, 6.07) is 2.41. The zero-order valence-electron chi connectivity index (χ0n) is 21.0. The molecule has 0 radical (unpaired) electrons. The van der Waals surface area contributed by atoms with E-state index in [-0.39, 0.29) is 6.04 Å². The summed E-state index contributed by atoms with van der Waals surface area (Å²) in [5.41, 5.74) is 6.20. The Hall–Kier alpha value is -3.33. The summed E-state index contributed by atoms with van der Waals surface area (Å²) in [6.07, 6.45) is 14.4. The van der Waals surface area contributed by atoms with Gasteiger partial charge in [-0.2, -0.15) is 5.10 Å². The maximum atomic E-state index is 5.26. The number of rotatable bonds is 8. The number of ether oxygens (including phenoxy) is 1. The van der Waals surface area contributed by atoms with Gasteiger partial charge in [-0.3, -0.25) is 14.6 Å². The summed E-state index contributed by atoms with van der Waals surface area (Å²) >= 11 is 0. The van der Waals surface area contributed by atoms with Gasteiger partial charge in [0.2, 0.25) is 5.95 Å². The molecule has 0 amide bonds. The van der Waals surface area contributed by atoms with Gasteiger partial charge in [0, 0.05) is 48.3 Å². The second-order valence-electron chi connectivity index (χ2n) is 9.89. The Morgan fingerprint density at radius 3 is 2.66 bits per heavy atom. The molecule has 0 aliphatic heterocycles. The minimum absolute atomic E-state index is 0.120. The van der Waals surface area contributed by atoms with E-state index in [1.165, 1.54) is 31.4 Å². The van der Waals surface area contributed by atoms with Crippen LogP contribution in [-0.2, 0) is 11.3 Å². The van der Waals surface area contributed by atoms with Crippen LogP contribution in [0.3, 0.4) is 0 Å². The number of hydrogen-bond acceptors (Lipinski definition) is 7. The number of hydrogen-bond donors (Lipinski definition) is 1. The van der Waals surface area contributed by atoms with Crippen molar-refractivity contribution in [3.05, 3.63) is 54.1 Å². The first-order valence-corrected chi connectivity index (χ1v) is 12.4. The van der Waals surface area contributed by atoms with Crippen LogP contribution in [0.5, 0.6) is 0 Å². The molecule has 9 nitrogen and oxygen atoms in total. The standard InChI is InChI=1S/C26H34N8O/c1-17-5-7-20(8-6-17)24-9-23(25-13-29-26(32-34(24)25)31-19(3)16-35-4)21-11-30-33(14-21)15-22-12-27-18(2)10-28-22/h9-14,17,19-20H,5-8,15-16H2,1-4H3,(H,31,32)/t17?,19-,20?/m0/s1. The zero-order valence-corrected chi connectivity index (χ0v) is 21.0. The molecule has 184 valence electrons. The van der Waals surface area contributed by atoms with Crippen molar-refractivity contribution in [1.82, 2.24) is 34.3 Å². The van der Waals surface area contributed by atoms with E-state index in [0.29, 0.717) is 25.0 Å². The van der Waals surface area contributed by atoms with Gasteiger partial charge in [-0.05, 0) is 38.7 Å². The molecule has 0 unspecified atom stereocenters. The van der Waals surface area contributed by atoms with Crippen LogP contribution in [0.25, 0.3) is 16.6 Å². The third-order valence-electron chi connectivity index (χ3n) is 6.87. The molecule has 0 saturated heterocycles. The van der Waals surface area contributed by atoms with Crippen LogP contribution in [0.15, 0.2) is 37.1 Å². The second kappa shape index (κ2) is 10.1. The Morgan fingerprint density at radius 2 is 1.91 bits per heavy atom. The summed E-state index contributed by atoms with van der Waals surface area (Å²) < 4.78 is 9.26. The first-order valence-electron chi connectivity index (χ1n) is 12.4. The van der Waals surface area contributed by atoms with Gasteiger partial charge in [0.05, 0.1) is 48.6 Å². The van der Waals surface area contributed by atoms with Gasteiger partial charge in [-0.25, -0.2) is 9.50 Å². The van der Waals surface area contributed by atoms with E-state index in [1.54, 1.807) is 19.5 Å². The van der Waals surface area contributed by atoms with Crippen LogP contribution < -0.4 is 5.32 Å². The molecular weight excluding hydrogens is 440 g/mol. The average molecular weight is 475 g/mol. The summed E-state index contributed by atoms with van der Waals surface area (Å²) in [7, 11) is 1.70. The molecule has 1 aliphatic rings. The van der Waals surface area contributed by atoms with Gasteiger partial charge >= 0.3 is 0 Å². The molecule has 35 heavy (non-hydrogen) atoms. The number of aryl methyl sites for hydroxylation is 1. The molecule has 0 spiro atoms. The Morgan fingerprint density at radius 1 is 1.09 bits per heavy atom. The fraction of sp³-hybridized carbons (Fsp3) is 0.500. The van der Waals surface area contributed by atoms with E-state index in [9.17, 15) is 0 Å². The molecule has 4 aromatic rings. The van der Waals surface area contributed by atoms with Crippen LogP contribution in [0.2, 0.25) is 0 Å². The van der Waals surface area contributed by atoms with Gasteiger partial charge in [0.25, 0.3) is 0 Å². The summed E-state index contributed by atoms with van der Waals surface area (Å²) in [5.74, 6) is 1.90. The number of aromatic nitrogens is 7. The predicted octanol–water partition coefficient (Wildman–Crippen LogP) is 4.48. The first kappa shape index (κ1) is 23.4. The van der Waals surface area contributed by atoms with Crippen molar-refractivity contribution in [2.24, 2.45) is 5.92 Å². The first-order chi connectivity index (χ1) is 17.0. The normalized spacial score (nSPS) is 19.2. The lowest BCUT2D eigenvalue weighted by Crippen LogP contribution is -2.23. The van der Waals surface area contributed by atoms with Crippen LogP contribution in [0, 0.1) is 12.8 Å². The van der Waals surface area contributed by atoms with E-state index in [2.05, 4.69) is 56.0 Å². The van der Waals surface area contributed by atoms with E-state index >= 15 is 0 Å².